The Balaban J connectivity index is 2.06. The molecule has 0 fully saturated rings. The molecule has 3 aromatic rings. The summed E-state index contributed by atoms with van der Waals surface area (Å²) in [6.07, 6.45) is 0. The molecule has 0 aliphatic heterocycles. The van der Waals surface area contributed by atoms with Gasteiger partial charge >= 0.3 is 0 Å². The van der Waals surface area contributed by atoms with E-state index < -0.39 is 0 Å². The van der Waals surface area contributed by atoms with Gasteiger partial charge in [0.2, 0.25) is 0 Å². The highest BCUT2D eigenvalue weighted by molar-refractivity contribution is 7.27. The van der Waals surface area contributed by atoms with Crippen LogP contribution in [0, 0.1) is 0 Å². The summed E-state index contributed by atoms with van der Waals surface area (Å²) >= 11 is 3.51. The van der Waals surface area contributed by atoms with Gasteiger partial charge in [0.15, 0.2) is 0 Å². The third-order valence-corrected chi connectivity index (χ3v) is 5.22. The van der Waals surface area contributed by atoms with Crippen molar-refractivity contribution in [3.05, 3.63) is 52.2 Å². The molecule has 1 unspecified atom stereocenters. The van der Waals surface area contributed by atoms with E-state index in [1.165, 1.54) is 14.3 Å². The lowest BCUT2D eigenvalue weighted by Crippen LogP contribution is -2.28. The van der Waals surface area contributed by atoms with Crippen LogP contribution in [0.25, 0.3) is 9.40 Å². The first kappa shape index (κ1) is 12.6. The van der Waals surface area contributed by atoms with Crippen molar-refractivity contribution in [2.45, 2.75) is 6.04 Å². The highest BCUT2D eigenvalue weighted by Crippen LogP contribution is 2.37. The Hall–Kier alpha value is -1.40. The smallest absolute Gasteiger partial charge is 0.124 e. The van der Waals surface area contributed by atoms with Crippen LogP contribution in [0.15, 0.2) is 41.8 Å². The molecule has 3 N–H and O–H groups in total. The quantitative estimate of drug-likeness (QED) is 0.571. The first-order valence-corrected chi connectivity index (χ1v) is 7.59. The van der Waals surface area contributed by atoms with Crippen LogP contribution in [0.2, 0.25) is 0 Å². The first-order valence-electron chi connectivity index (χ1n) is 5.89. The van der Waals surface area contributed by atoms with E-state index in [1.807, 2.05) is 24.3 Å². The van der Waals surface area contributed by atoms with Gasteiger partial charge in [-0.15, -0.1) is 22.7 Å². The number of rotatable bonds is 4. The molecule has 98 valence electrons. The van der Waals surface area contributed by atoms with Crippen LogP contribution in [-0.4, -0.2) is 7.11 Å². The molecule has 1 aromatic carbocycles. The van der Waals surface area contributed by atoms with Crippen LogP contribution in [0.4, 0.5) is 0 Å². The summed E-state index contributed by atoms with van der Waals surface area (Å²) in [6.45, 7) is 0. The maximum absolute atomic E-state index is 5.76. The summed E-state index contributed by atoms with van der Waals surface area (Å²) in [7, 11) is 1.68. The van der Waals surface area contributed by atoms with E-state index in [2.05, 4.69) is 22.9 Å². The Morgan fingerprint density at radius 2 is 2.05 bits per heavy atom. The molecule has 5 heteroatoms. The number of fused-ring (bicyclic) bond motifs is 1. The van der Waals surface area contributed by atoms with Crippen molar-refractivity contribution in [3.63, 3.8) is 0 Å². The first-order chi connectivity index (χ1) is 9.33. The molecule has 3 rings (SSSR count). The van der Waals surface area contributed by atoms with Gasteiger partial charge in [0.05, 0.1) is 13.2 Å². The van der Waals surface area contributed by atoms with Crippen molar-refractivity contribution in [2.75, 3.05) is 7.11 Å². The molecule has 3 nitrogen and oxygen atoms in total. The fraction of sp³-hybridized carbons (Fsp3) is 0.143. The zero-order valence-corrected chi connectivity index (χ0v) is 12.1. The van der Waals surface area contributed by atoms with Gasteiger partial charge in [-0.25, -0.2) is 5.43 Å². The summed E-state index contributed by atoms with van der Waals surface area (Å²) < 4.78 is 8.02. The fourth-order valence-electron chi connectivity index (χ4n) is 2.16. The zero-order valence-electron chi connectivity index (χ0n) is 10.4. The lowest BCUT2D eigenvalue weighted by Gasteiger charge is -2.17. The van der Waals surface area contributed by atoms with Crippen molar-refractivity contribution in [2.24, 2.45) is 5.84 Å². The number of hydrogen-bond donors (Lipinski definition) is 2. The van der Waals surface area contributed by atoms with Gasteiger partial charge in [-0.05, 0) is 23.6 Å². The summed E-state index contributed by atoms with van der Waals surface area (Å²) in [6, 6.07) is 12.3. The monoisotopic (exact) mass is 290 g/mol. The lowest BCUT2D eigenvalue weighted by molar-refractivity contribution is 0.404. The van der Waals surface area contributed by atoms with Gasteiger partial charge in [-0.3, -0.25) is 5.84 Å². The minimum atomic E-state index is -0.0410. The van der Waals surface area contributed by atoms with Crippen molar-refractivity contribution >= 4 is 32.1 Å². The normalized spacial score (nSPS) is 12.7. The van der Waals surface area contributed by atoms with E-state index in [4.69, 9.17) is 10.6 Å². The highest BCUT2D eigenvalue weighted by atomic mass is 32.1. The number of nitrogens with two attached hydrogens (primary N) is 1. The topological polar surface area (TPSA) is 47.3 Å². The van der Waals surface area contributed by atoms with Gasteiger partial charge in [-0.1, -0.05) is 18.2 Å². The van der Waals surface area contributed by atoms with Crippen LogP contribution in [0.5, 0.6) is 5.75 Å². The van der Waals surface area contributed by atoms with Gasteiger partial charge in [0.1, 0.15) is 5.75 Å². The Morgan fingerprint density at radius 3 is 2.79 bits per heavy atom. The third-order valence-electron chi connectivity index (χ3n) is 3.06. The Kier molecular flexibility index (Phi) is 3.52. The number of benzene rings is 1. The molecule has 0 radical (unpaired) electrons. The molecule has 0 spiro atoms. The summed E-state index contributed by atoms with van der Waals surface area (Å²) in [5.41, 5.74) is 3.95. The predicted molar refractivity (Wildman–Crippen MR) is 81.9 cm³/mol. The number of hydrazine groups is 1. The summed E-state index contributed by atoms with van der Waals surface area (Å²) in [4.78, 5) is 1.20. The number of ether oxygens (including phenoxy) is 1. The summed E-state index contributed by atoms with van der Waals surface area (Å²) in [5, 5.41) is 2.11. The zero-order chi connectivity index (χ0) is 13.2. The van der Waals surface area contributed by atoms with Crippen molar-refractivity contribution in [1.29, 1.82) is 0 Å². The predicted octanol–water partition coefficient (Wildman–Crippen LogP) is 3.52. The number of hydrogen-bond acceptors (Lipinski definition) is 5. The maximum atomic E-state index is 5.76. The van der Waals surface area contributed by atoms with Crippen molar-refractivity contribution < 1.29 is 4.74 Å². The third kappa shape index (κ3) is 2.26. The minimum absolute atomic E-state index is 0.0410. The molecular weight excluding hydrogens is 276 g/mol. The Labute approximate surface area is 119 Å². The van der Waals surface area contributed by atoms with E-state index in [9.17, 15) is 0 Å². The van der Waals surface area contributed by atoms with Crippen LogP contribution in [0.3, 0.4) is 0 Å². The molecule has 0 amide bonds. The molecule has 0 bridgehead atoms. The molecule has 2 aromatic heterocycles. The molecule has 0 aliphatic carbocycles. The standard InChI is InChI=1S/C14H14N2OS2/c1-17-10-5-3-2-4-9(10)14(16-15)13-8-12-11(19-13)6-7-18-12/h2-8,14,16H,15H2,1H3. The number of thiophene rings is 2. The van der Waals surface area contributed by atoms with Crippen LogP contribution >= 0.6 is 22.7 Å². The average molecular weight is 290 g/mol. The molecule has 0 aliphatic rings. The van der Waals surface area contributed by atoms with Gasteiger partial charge in [0, 0.05) is 19.8 Å². The largest absolute Gasteiger partial charge is 0.496 e. The molecule has 1 atom stereocenters. The van der Waals surface area contributed by atoms with Crippen LogP contribution in [0.1, 0.15) is 16.5 Å². The SMILES string of the molecule is COc1ccccc1C(NN)c1cc2sccc2s1. The Morgan fingerprint density at radius 1 is 1.21 bits per heavy atom. The van der Waals surface area contributed by atoms with E-state index >= 15 is 0 Å². The molecule has 0 saturated heterocycles. The van der Waals surface area contributed by atoms with E-state index in [-0.39, 0.29) is 6.04 Å². The van der Waals surface area contributed by atoms with Gasteiger partial charge < -0.3 is 4.74 Å². The minimum Gasteiger partial charge on any atom is -0.496 e. The van der Waals surface area contributed by atoms with Crippen molar-refractivity contribution in [3.8, 4) is 5.75 Å². The van der Waals surface area contributed by atoms with E-state index in [0.29, 0.717) is 0 Å². The average Bonchev–Trinajstić information content (AvgIpc) is 3.01. The van der Waals surface area contributed by atoms with Gasteiger partial charge in [0.25, 0.3) is 0 Å². The fourth-order valence-corrected chi connectivity index (χ4v) is 4.36. The van der Waals surface area contributed by atoms with E-state index in [1.54, 1.807) is 29.8 Å². The lowest BCUT2D eigenvalue weighted by atomic mass is 10.0. The summed E-state index contributed by atoms with van der Waals surface area (Å²) in [5.74, 6) is 6.60. The maximum Gasteiger partial charge on any atom is 0.124 e. The molecule has 0 saturated carbocycles. The number of methoxy groups -OCH3 is 1. The molecule has 2 heterocycles. The van der Waals surface area contributed by atoms with Crippen LogP contribution < -0.4 is 16.0 Å². The second-order valence-electron chi connectivity index (χ2n) is 4.14. The number of para-hydroxylation sites is 1. The second-order valence-corrected chi connectivity index (χ2v) is 6.20. The second kappa shape index (κ2) is 5.30. The van der Waals surface area contributed by atoms with Crippen LogP contribution in [-0.2, 0) is 0 Å². The highest BCUT2D eigenvalue weighted by Gasteiger charge is 2.19. The number of nitrogens with one attached hydrogen (secondary N) is 1. The van der Waals surface area contributed by atoms with E-state index in [0.717, 1.165) is 11.3 Å². The van der Waals surface area contributed by atoms with Gasteiger partial charge in [-0.2, -0.15) is 0 Å². The Bertz CT molecular complexity index is 661. The molecular formula is C14H14N2OS2. The molecule has 19 heavy (non-hydrogen) atoms. The van der Waals surface area contributed by atoms with Crippen molar-refractivity contribution in [1.82, 2.24) is 5.43 Å².